The van der Waals surface area contributed by atoms with Crippen LogP contribution in [0.5, 0.6) is 0 Å². The lowest BCUT2D eigenvalue weighted by Gasteiger charge is -2.31. The standard InChI is InChI=1S/C20H21N5O2/c1-13-3-2-4-15(9-13)16-10-23-24-19(16)14-5-7-25(8-6-14)20(27)17-11-22-18(26)12-21-17/h2-4,9-12,14H,5-8H2,1H3,(H,22,26)(H,23,24). The van der Waals surface area contributed by atoms with Gasteiger partial charge >= 0.3 is 0 Å². The minimum atomic E-state index is -0.312. The van der Waals surface area contributed by atoms with E-state index in [0.29, 0.717) is 19.0 Å². The van der Waals surface area contributed by atoms with Gasteiger partial charge in [-0.05, 0) is 25.3 Å². The maximum atomic E-state index is 12.6. The molecule has 1 aliphatic rings. The zero-order valence-electron chi connectivity index (χ0n) is 15.1. The van der Waals surface area contributed by atoms with Crippen molar-refractivity contribution in [2.75, 3.05) is 13.1 Å². The van der Waals surface area contributed by atoms with E-state index in [2.05, 4.69) is 51.4 Å². The number of aryl methyl sites for hydroxylation is 1. The maximum Gasteiger partial charge on any atom is 0.273 e. The van der Waals surface area contributed by atoms with Crippen molar-refractivity contribution >= 4 is 5.91 Å². The number of H-pyrrole nitrogens is 2. The number of hydrogen-bond donors (Lipinski definition) is 2. The number of aromatic nitrogens is 4. The van der Waals surface area contributed by atoms with Crippen molar-refractivity contribution in [1.29, 1.82) is 0 Å². The molecule has 0 spiro atoms. The molecule has 7 nitrogen and oxygen atoms in total. The van der Waals surface area contributed by atoms with Crippen LogP contribution in [0.25, 0.3) is 11.1 Å². The maximum absolute atomic E-state index is 12.6. The molecule has 0 bridgehead atoms. The zero-order chi connectivity index (χ0) is 18.8. The predicted octanol–water partition coefficient (Wildman–Crippen LogP) is 2.49. The Bertz CT molecular complexity index is 994. The van der Waals surface area contributed by atoms with Crippen LogP contribution < -0.4 is 5.56 Å². The number of nitrogens with one attached hydrogen (secondary N) is 2. The van der Waals surface area contributed by atoms with E-state index < -0.39 is 0 Å². The topological polar surface area (TPSA) is 94.7 Å². The molecule has 1 aliphatic heterocycles. The van der Waals surface area contributed by atoms with Crippen LogP contribution in [0.15, 0.2) is 47.7 Å². The highest BCUT2D eigenvalue weighted by Gasteiger charge is 2.27. The molecular weight excluding hydrogens is 342 g/mol. The number of hydrogen-bond acceptors (Lipinski definition) is 4. The fraction of sp³-hybridized carbons (Fsp3) is 0.300. The molecular formula is C20H21N5O2. The van der Waals surface area contributed by atoms with Crippen molar-refractivity contribution in [1.82, 2.24) is 25.1 Å². The van der Waals surface area contributed by atoms with Crippen molar-refractivity contribution in [2.24, 2.45) is 0 Å². The number of likely N-dealkylation sites (tertiary alicyclic amines) is 1. The third-order valence-corrected chi connectivity index (χ3v) is 5.08. The SMILES string of the molecule is Cc1cccc(-c2cn[nH]c2C2CCN(C(=O)c3c[nH]c(=O)cn3)CC2)c1. The zero-order valence-corrected chi connectivity index (χ0v) is 15.1. The molecule has 4 rings (SSSR count). The van der Waals surface area contributed by atoms with Crippen molar-refractivity contribution in [3.63, 3.8) is 0 Å². The van der Waals surface area contributed by atoms with Gasteiger partial charge in [-0.15, -0.1) is 0 Å². The van der Waals surface area contributed by atoms with Gasteiger partial charge in [0.25, 0.3) is 11.5 Å². The molecule has 1 saturated heterocycles. The van der Waals surface area contributed by atoms with Gasteiger partial charge < -0.3 is 9.88 Å². The second kappa shape index (κ2) is 7.19. The number of carbonyl (C=O) groups is 1. The van der Waals surface area contributed by atoms with Crippen LogP contribution in [0.2, 0.25) is 0 Å². The summed E-state index contributed by atoms with van der Waals surface area (Å²) in [5.74, 6) is 0.184. The minimum Gasteiger partial charge on any atom is -0.337 e. The molecule has 1 fully saturated rings. The van der Waals surface area contributed by atoms with Gasteiger partial charge in [0.15, 0.2) is 0 Å². The number of nitrogens with zero attached hydrogens (tertiary/aromatic N) is 3. The molecule has 0 radical (unpaired) electrons. The number of benzene rings is 1. The fourth-order valence-electron chi connectivity index (χ4n) is 3.64. The first-order valence-corrected chi connectivity index (χ1v) is 9.06. The van der Waals surface area contributed by atoms with Crippen LogP contribution in [-0.4, -0.2) is 44.1 Å². The summed E-state index contributed by atoms with van der Waals surface area (Å²) in [7, 11) is 0. The van der Waals surface area contributed by atoms with Crippen molar-refractivity contribution in [3.05, 3.63) is 70.2 Å². The van der Waals surface area contributed by atoms with Crippen molar-refractivity contribution in [3.8, 4) is 11.1 Å². The third-order valence-electron chi connectivity index (χ3n) is 5.08. The monoisotopic (exact) mass is 363 g/mol. The summed E-state index contributed by atoms with van der Waals surface area (Å²) >= 11 is 0. The Morgan fingerprint density at radius 1 is 1.22 bits per heavy atom. The molecule has 0 saturated carbocycles. The van der Waals surface area contributed by atoms with Crippen LogP contribution in [0.4, 0.5) is 0 Å². The second-order valence-corrected chi connectivity index (χ2v) is 6.93. The van der Waals surface area contributed by atoms with E-state index in [1.54, 1.807) is 4.90 Å². The average Bonchev–Trinajstić information content (AvgIpc) is 3.18. The van der Waals surface area contributed by atoms with Gasteiger partial charge in [0.2, 0.25) is 0 Å². The molecule has 27 heavy (non-hydrogen) atoms. The van der Waals surface area contributed by atoms with Gasteiger partial charge in [0.1, 0.15) is 5.69 Å². The number of piperidine rings is 1. The van der Waals surface area contributed by atoms with E-state index in [-0.39, 0.29) is 17.2 Å². The largest absolute Gasteiger partial charge is 0.337 e. The first-order valence-electron chi connectivity index (χ1n) is 9.06. The Hall–Kier alpha value is -3.22. The predicted molar refractivity (Wildman–Crippen MR) is 101 cm³/mol. The lowest BCUT2D eigenvalue weighted by molar-refractivity contribution is 0.0705. The number of aromatic amines is 2. The molecule has 3 aromatic rings. The summed E-state index contributed by atoms with van der Waals surface area (Å²) < 4.78 is 0. The van der Waals surface area contributed by atoms with E-state index >= 15 is 0 Å². The molecule has 7 heteroatoms. The number of amides is 1. The quantitative estimate of drug-likeness (QED) is 0.747. The first kappa shape index (κ1) is 17.2. The second-order valence-electron chi connectivity index (χ2n) is 6.93. The molecule has 2 aromatic heterocycles. The van der Waals surface area contributed by atoms with Crippen LogP contribution in [0.3, 0.4) is 0 Å². The van der Waals surface area contributed by atoms with Gasteiger partial charge in [0, 0.05) is 36.5 Å². The summed E-state index contributed by atoms with van der Waals surface area (Å²) in [6.45, 7) is 3.38. The van der Waals surface area contributed by atoms with Crippen LogP contribution in [0, 0.1) is 6.92 Å². The summed E-state index contributed by atoms with van der Waals surface area (Å²) in [4.78, 5) is 31.9. The Morgan fingerprint density at radius 2 is 2.04 bits per heavy atom. The van der Waals surface area contributed by atoms with E-state index in [1.165, 1.54) is 11.8 Å². The van der Waals surface area contributed by atoms with Crippen LogP contribution >= 0.6 is 0 Å². The fourth-order valence-corrected chi connectivity index (χ4v) is 3.64. The molecule has 0 unspecified atom stereocenters. The molecule has 2 N–H and O–H groups in total. The Balaban J connectivity index is 1.47. The van der Waals surface area contributed by atoms with E-state index in [1.807, 2.05) is 6.20 Å². The third kappa shape index (κ3) is 3.53. The van der Waals surface area contributed by atoms with E-state index in [4.69, 9.17) is 0 Å². The van der Waals surface area contributed by atoms with Gasteiger partial charge in [-0.3, -0.25) is 14.7 Å². The summed E-state index contributed by atoms with van der Waals surface area (Å²) in [6, 6.07) is 8.40. The van der Waals surface area contributed by atoms with Crippen molar-refractivity contribution in [2.45, 2.75) is 25.7 Å². The minimum absolute atomic E-state index is 0.145. The smallest absolute Gasteiger partial charge is 0.273 e. The molecule has 1 amide bonds. The lowest BCUT2D eigenvalue weighted by atomic mass is 9.89. The van der Waals surface area contributed by atoms with E-state index in [9.17, 15) is 9.59 Å². The van der Waals surface area contributed by atoms with Gasteiger partial charge in [-0.25, -0.2) is 4.98 Å². The Morgan fingerprint density at radius 3 is 2.74 bits per heavy atom. The number of rotatable bonds is 3. The summed E-state index contributed by atoms with van der Waals surface area (Å²) in [5.41, 5.74) is 4.60. The van der Waals surface area contributed by atoms with Gasteiger partial charge in [0.05, 0.1) is 12.4 Å². The Labute approximate surface area is 156 Å². The van der Waals surface area contributed by atoms with Gasteiger partial charge in [-0.2, -0.15) is 5.10 Å². The summed E-state index contributed by atoms with van der Waals surface area (Å²) in [6.07, 6.45) is 6.11. The van der Waals surface area contributed by atoms with Crippen LogP contribution in [-0.2, 0) is 0 Å². The summed E-state index contributed by atoms with van der Waals surface area (Å²) in [5, 5.41) is 7.43. The van der Waals surface area contributed by atoms with E-state index in [0.717, 1.165) is 35.9 Å². The molecule has 3 heterocycles. The molecule has 0 aliphatic carbocycles. The highest BCUT2D eigenvalue weighted by atomic mass is 16.2. The average molecular weight is 363 g/mol. The van der Waals surface area contributed by atoms with Crippen LogP contribution in [0.1, 0.15) is 40.5 Å². The highest BCUT2D eigenvalue weighted by Crippen LogP contribution is 2.34. The number of carbonyl (C=O) groups excluding carboxylic acids is 1. The van der Waals surface area contributed by atoms with Crippen molar-refractivity contribution < 1.29 is 4.79 Å². The first-order chi connectivity index (χ1) is 13.1. The lowest BCUT2D eigenvalue weighted by Crippen LogP contribution is -2.38. The normalized spacial score (nSPS) is 15.1. The molecule has 138 valence electrons. The molecule has 1 aromatic carbocycles. The highest BCUT2D eigenvalue weighted by molar-refractivity contribution is 5.92. The van der Waals surface area contributed by atoms with Gasteiger partial charge in [-0.1, -0.05) is 29.8 Å². The Kier molecular flexibility index (Phi) is 4.58. The molecule has 0 atom stereocenters.